The molecule has 6 heteroatoms. The molecule has 41 heavy (non-hydrogen) atoms. The molecule has 0 atom stereocenters. The van der Waals surface area contributed by atoms with Gasteiger partial charge in [0.05, 0.1) is 0 Å². The van der Waals surface area contributed by atoms with Gasteiger partial charge in [-0.15, -0.1) is 0 Å². The fourth-order valence-electron chi connectivity index (χ4n) is 5.00. The van der Waals surface area contributed by atoms with Gasteiger partial charge in [-0.25, -0.2) is 4.79 Å². The van der Waals surface area contributed by atoms with Gasteiger partial charge in [0.15, 0.2) is 0 Å². The number of fused-ring (bicyclic) bond motifs is 3. The molecule has 0 heterocycles. The molecule has 4 aromatic rings. The number of esters is 1. The van der Waals surface area contributed by atoms with Crippen molar-refractivity contribution in [3.05, 3.63) is 125 Å². The molecule has 0 unspecified atom stereocenters. The van der Waals surface area contributed by atoms with Crippen molar-refractivity contribution in [1.82, 2.24) is 5.32 Å². The van der Waals surface area contributed by atoms with E-state index in [-0.39, 0.29) is 25.1 Å². The molecule has 0 fully saturated rings. The van der Waals surface area contributed by atoms with E-state index < -0.39 is 6.09 Å². The maximum absolute atomic E-state index is 12.3. The first-order valence-electron chi connectivity index (χ1n) is 14.1. The number of nitrogens with one attached hydrogen (secondary N) is 1. The smallest absolute Gasteiger partial charge is 0.407 e. The summed E-state index contributed by atoms with van der Waals surface area (Å²) in [5.74, 6) is 0.542. The number of carbonyl (C=O) groups excluding carboxylic acids is 2. The zero-order valence-corrected chi connectivity index (χ0v) is 23.3. The number of hydrogen-bond donors (Lipinski definition) is 1. The van der Waals surface area contributed by atoms with Crippen molar-refractivity contribution in [2.75, 3.05) is 13.2 Å². The van der Waals surface area contributed by atoms with Gasteiger partial charge in [0.1, 0.15) is 25.6 Å². The van der Waals surface area contributed by atoms with Crippen LogP contribution in [-0.2, 0) is 27.5 Å². The van der Waals surface area contributed by atoms with Crippen LogP contribution in [0.1, 0.15) is 53.0 Å². The quantitative estimate of drug-likeness (QED) is 0.148. The molecule has 1 aliphatic rings. The maximum Gasteiger partial charge on any atom is 0.407 e. The molecule has 6 nitrogen and oxygen atoms in total. The highest BCUT2D eigenvalue weighted by molar-refractivity contribution is 5.79. The highest BCUT2D eigenvalue weighted by atomic mass is 16.5. The summed E-state index contributed by atoms with van der Waals surface area (Å²) in [5.41, 5.74) is 8.00. The SMILES string of the molecule is Cc1ccc(COc2ccc(COC(=O)CCCCNC(=O)OCC3c4ccccc4-c4ccccc43)cc2)cc1. The summed E-state index contributed by atoms with van der Waals surface area (Å²) < 4.78 is 16.8. The molecule has 0 saturated carbocycles. The van der Waals surface area contributed by atoms with Gasteiger partial charge in [-0.1, -0.05) is 90.5 Å². The van der Waals surface area contributed by atoms with Gasteiger partial charge in [0.25, 0.3) is 0 Å². The van der Waals surface area contributed by atoms with Crippen LogP contribution in [0.5, 0.6) is 5.75 Å². The molecule has 210 valence electrons. The monoisotopic (exact) mass is 549 g/mol. The zero-order valence-electron chi connectivity index (χ0n) is 23.3. The summed E-state index contributed by atoms with van der Waals surface area (Å²) in [6.45, 7) is 3.50. The lowest BCUT2D eigenvalue weighted by molar-refractivity contribution is -0.145. The fourth-order valence-corrected chi connectivity index (χ4v) is 5.00. The van der Waals surface area contributed by atoms with Crippen LogP contribution in [0.3, 0.4) is 0 Å². The first-order chi connectivity index (χ1) is 20.1. The van der Waals surface area contributed by atoms with Gasteiger partial charge in [-0.3, -0.25) is 4.79 Å². The Morgan fingerprint density at radius 2 is 1.32 bits per heavy atom. The summed E-state index contributed by atoms with van der Waals surface area (Å²) in [5, 5.41) is 2.79. The van der Waals surface area contributed by atoms with Crippen LogP contribution in [0, 0.1) is 6.92 Å². The Balaban J connectivity index is 0.946. The number of rotatable bonds is 12. The fraction of sp³-hybridized carbons (Fsp3) is 0.257. The average molecular weight is 550 g/mol. The molecule has 0 radical (unpaired) electrons. The van der Waals surface area contributed by atoms with E-state index in [2.05, 4.69) is 60.8 Å². The Morgan fingerprint density at radius 3 is 2.00 bits per heavy atom. The van der Waals surface area contributed by atoms with Crippen molar-refractivity contribution in [1.29, 1.82) is 0 Å². The number of carbonyl (C=O) groups is 2. The second kappa shape index (κ2) is 13.7. The van der Waals surface area contributed by atoms with Crippen LogP contribution in [0.4, 0.5) is 4.79 Å². The summed E-state index contributed by atoms with van der Waals surface area (Å²) in [4.78, 5) is 24.5. The number of ether oxygens (including phenoxy) is 3. The number of aryl methyl sites for hydroxylation is 1. The number of alkyl carbamates (subject to hydrolysis) is 1. The standard InChI is InChI=1S/C35H35NO5/c1-25-13-15-26(16-14-25)22-39-28-19-17-27(18-20-28)23-40-34(37)12-6-7-21-36-35(38)41-24-33-31-10-4-2-8-29(31)30-9-3-5-11-32(30)33/h2-5,8-11,13-20,33H,6-7,12,21-24H2,1H3,(H,36,38). The normalized spacial score (nSPS) is 11.8. The van der Waals surface area contributed by atoms with Crippen LogP contribution in [-0.4, -0.2) is 25.2 Å². The van der Waals surface area contributed by atoms with Crippen LogP contribution in [0.15, 0.2) is 97.1 Å². The third-order valence-corrected chi connectivity index (χ3v) is 7.27. The van der Waals surface area contributed by atoms with E-state index in [1.54, 1.807) is 0 Å². The van der Waals surface area contributed by atoms with E-state index >= 15 is 0 Å². The lowest BCUT2D eigenvalue weighted by Gasteiger charge is -2.14. The molecule has 5 rings (SSSR count). The van der Waals surface area contributed by atoms with Crippen molar-refractivity contribution in [2.24, 2.45) is 0 Å². The molecule has 0 spiro atoms. The first kappa shape index (κ1) is 28.0. The zero-order chi connectivity index (χ0) is 28.4. The van der Waals surface area contributed by atoms with Crippen molar-refractivity contribution < 1.29 is 23.8 Å². The summed E-state index contributed by atoms with van der Waals surface area (Å²) in [6, 6.07) is 32.3. The third-order valence-electron chi connectivity index (χ3n) is 7.27. The summed E-state index contributed by atoms with van der Waals surface area (Å²) in [6.07, 6.45) is 1.13. The van der Waals surface area contributed by atoms with Gasteiger partial charge >= 0.3 is 12.1 Å². The van der Waals surface area contributed by atoms with E-state index in [0.717, 1.165) is 16.9 Å². The average Bonchev–Trinajstić information content (AvgIpc) is 3.32. The lowest BCUT2D eigenvalue weighted by atomic mass is 9.98. The number of unbranched alkanes of at least 4 members (excludes halogenated alkanes) is 1. The molecular weight excluding hydrogens is 514 g/mol. The largest absolute Gasteiger partial charge is 0.489 e. The van der Waals surface area contributed by atoms with Crippen LogP contribution >= 0.6 is 0 Å². The van der Waals surface area contributed by atoms with Gasteiger partial charge in [-0.2, -0.15) is 0 Å². The van der Waals surface area contributed by atoms with Crippen molar-refractivity contribution in [3.63, 3.8) is 0 Å². The van der Waals surface area contributed by atoms with E-state index in [9.17, 15) is 9.59 Å². The van der Waals surface area contributed by atoms with Gasteiger partial charge in [-0.05, 0) is 65.3 Å². The Hall–Kier alpha value is -4.58. The second-order valence-electron chi connectivity index (χ2n) is 10.3. The van der Waals surface area contributed by atoms with Gasteiger partial charge in [0.2, 0.25) is 0 Å². The topological polar surface area (TPSA) is 73.9 Å². The van der Waals surface area contributed by atoms with E-state index in [1.165, 1.54) is 27.8 Å². The minimum Gasteiger partial charge on any atom is -0.489 e. The molecule has 1 aliphatic carbocycles. The Morgan fingerprint density at radius 1 is 0.707 bits per heavy atom. The van der Waals surface area contributed by atoms with E-state index in [1.807, 2.05) is 48.5 Å². The van der Waals surface area contributed by atoms with Crippen LogP contribution < -0.4 is 10.1 Å². The highest BCUT2D eigenvalue weighted by Gasteiger charge is 2.28. The molecule has 0 aliphatic heterocycles. The molecule has 1 amide bonds. The number of hydrogen-bond acceptors (Lipinski definition) is 5. The molecular formula is C35H35NO5. The van der Waals surface area contributed by atoms with Crippen LogP contribution in [0.25, 0.3) is 11.1 Å². The van der Waals surface area contributed by atoms with Crippen LogP contribution in [0.2, 0.25) is 0 Å². The second-order valence-corrected chi connectivity index (χ2v) is 10.3. The number of amides is 1. The summed E-state index contributed by atoms with van der Waals surface area (Å²) >= 11 is 0. The Labute approximate surface area is 241 Å². The molecule has 0 bridgehead atoms. The van der Waals surface area contributed by atoms with E-state index in [0.29, 0.717) is 32.4 Å². The predicted molar refractivity (Wildman–Crippen MR) is 159 cm³/mol. The first-order valence-corrected chi connectivity index (χ1v) is 14.1. The predicted octanol–water partition coefficient (Wildman–Crippen LogP) is 7.33. The number of benzene rings is 4. The maximum atomic E-state index is 12.3. The third kappa shape index (κ3) is 7.54. The molecule has 4 aromatic carbocycles. The molecule has 0 aromatic heterocycles. The van der Waals surface area contributed by atoms with Gasteiger partial charge < -0.3 is 19.5 Å². The van der Waals surface area contributed by atoms with Crippen molar-refractivity contribution in [2.45, 2.75) is 45.3 Å². The Kier molecular flexibility index (Phi) is 9.32. The van der Waals surface area contributed by atoms with Crippen molar-refractivity contribution in [3.8, 4) is 16.9 Å². The van der Waals surface area contributed by atoms with Crippen molar-refractivity contribution >= 4 is 12.1 Å². The van der Waals surface area contributed by atoms with Gasteiger partial charge in [0, 0.05) is 18.9 Å². The summed E-state index contributed by atoms with van der Waals surface area (Å²) in [7, 11) is 0. The van der Waals surface area contributed by atoms with E-state index in [4.69, 9.17) is 14.2 Å². The minimum absolute atomic E-state index is 0.0327. The lowest BCUT2D eigenvalue weighted by Crippen LogP contribution is -2.27. The Bertz CT molecular complexity index is 1420. The molecule has 1 N–H and O–H groups in total. The molecule has 0 saturated heterocycles. The minimum atomic E-state index is -0.444. The highest BCUT2D eigenvalue weighted by Crippen LogP contribution is 2.44.